The highest BCUT2D eigenvalue weighted by atomic mass is 32.2. The summed E-state index contributed by atoms with van der Waals surface area (Å²) in [6, 6.07) is 0. The number of ketones is 1. The number of carbonyl (C=O) groups excluding carboxylic acids is 1. The first-order valence-electron chi connectivity index (χ1n) is 6.59. The van der Waals surface area contributed by atoms with Crippen LogP contribution < -0.4 is 0 Å². The zero-order valence-electron chi connectivity index (χ0n) is 11.1. The number of thiophene rings is 1. The normalized spacial score (nSPS) is 16.3. The first-order chi connectivity index (χ1) is 9.16. The van der Waals surface area contributed by atoms with Gasteiger partial charge in [-0.15, -0.1) is 11.3 Å². The van der Waals surface area contributed by atoms with Gasteiger partial charge in [-0.2, -0.15) is 0 Å². The van der Waals surface area contributed by atoms with E-state index in [9.17, 15) is 4.79 Å². The summed E-state index contributed by atoms with van der Waals surface area (Å²) < 4.78 is 0. The largest absolute Gasteiger partial charge is 0.299 e. The maximum absolute atomic E-state index is 11.4. The second-order valence-electron chi connectivity index (χ2n) is 4.94. The third-order valence-electron chi connectivity index (χ3n) is 3.58. The standard InChI is InChI=1S/C14H16N2OS2/c1-8(17)9(2)18-13-12-10-5-3-4-6-11(10)19-14(12)16-7-15-13/h7,9H,3-6H2,1-2H3/t9-/m1/s1. The lowest BCUT2D eigenvalue weighted by Gasteiger charge is -2.12. The number of aromatic nitrogens is 2. The van der Waals surface area contributed by atoms with E-state index < -0.39 is 0 Å². The summed E-state index contributed by atoms with van der Waals surface area (Å²) in [5.74, 6) is 0.195. The molecule has 3 nitrogen and oxygen atoms in total. The van der Waals surface area contributed by atoms with E-state index in [1.54, 1.807) is 36.3 Å². The third kappa shape index (κ3) is 2.41. The quantitative estimate of drug-likeness (QED) is 0.640. The molecule has 0 bridgehead atoms. The number of carbonyl (C=O) groups is 1. The van der Waals surface area contributed by atoms with Gasteiger partial charge in [0.25, 0.3) is 0 Å². The maximum atomic E-state index is 11.4. The molecule has 0 saturated carbocycles. The third-order valence-corrected chi connectivity index (χ3v) is 6.00. The first-order valence-corrected chi connectivity index (χ1v) is 8.29. The molecule has 1 aliphatic rings. The van der Waals surface area contributed by atoms with Crippen LogP contribution >= 0.6 is 23.1 Å². The van der Waals surface area contributed by atoms with Crippen LogP contribution in [-0.4, -0.2) is 21.0 Å². The van der Waals surface area contributed by atoms with E-state index in [2.05, 4.69) is 9.97 Å². The Morgan fingerprint density at radius 3 is 2.95 bits per heavy atom. The van der Waals surface area contributed by atoms with Gasteiger partial charge in [-0.25, -0.2) is 9.97 Å². The second kappa shape index (κ2) is 5.21. The molecule has 0 spiro atoms. The molecule has 0 aliphatic heterocycles. The molecule has 0 N–H and O–H groups in total. The molecule has 0 aromatic carbocycles. The Kier molecular flexibility index (Phi) is 3.58. The highest BCUT2D eigenvalue weighted by molar-refractivity contribution is 8.00. The summed E-state index contributed by atoms with van der Waals surface area (Å²) >= 11 is 3.36. The fourth-order valence-electron chi connectivity index (χ4n) is 2.40. The van der Waals surface area contributed by atoms with E-state index in [0.29, 0.717) is 0 Å². The number of aryl methyl sites for hydroxylation is 2. The molecule has 100 valence electrons. The Bertz CT molecular complexity index is 636. The van der Waals surface area contributed by atoms with Crippen LogP contribution in [0.3, 0.4) is 0 Å². The van der Waals surface area contributed by atoms with Crippen LogP contribution in [0.4, 0.5) is 0 Å². The average molecular weight is 292 g/mol. The highest BCUT2D eigenvalue weighted by Crippen LogP contribution is 2.40. The number of fused-ring (bicyclic) bond motifs is 3. The van der Waals surface area contributed by atoms with Crippen molar-refractivity contribution in [1.29, 1.82) is 0 Å². The van der Waals surface area contributed by atoms with Crippen molar-refractivity contribution in [2.75, 3.05) is 0 Å². The lowest BCUT2D eigenvalue weighted by Crippen LogP contribution is -2.08. The second-order valence-corrected chi connectivity index (χ2v) is 7.35. The zero-order valence-corrected chi connectivity index (χ0v) is 12.7. The Hall–Kier alpha value is -0.940. The Balaban J connectivity index is 2.09. The number of hydrogen-bond acceptors (Lipinski definition) is 5. The molecule has 0 fully saturated rings. The fourth-order valence-corrected chi connectivity index (χ4v) is 4.64. The molecule has 5 heteroatoms. The summed E-state index contributed by atoms with van der Waals surface area (Å²) in [5.41, 5.74) is 1.44. The van der Waals surface area contributed by atoms with Crippen molar-refractivity contribution >= 4 is 39.1 Å². The van der Waals surface area contributed by atoms with E-state index >= 15 is 0 Å². The molecule has 0 radical (unpaired) electrons. The molecule has 2 aromatic rings. The summed E-state index contributed by atoms with van der Waals surface area (Å²) in [6.45, 7) is 3.58. The molecule has 0 saturated heterocycles. The van der Waals surface area contributed by atoms with Crippen molar-refractivity contribution < 1.29 is 4.79 Å². The SMILES string of the molecule is CC(=O)[C@@H](C)Sc1ncnc2sc3c(c12)CCCC3. The van der Waals surface area contributed by atoms with Crippen LogP contribution in [0.1, 0.15) is 37.1 Å². The van der Waals surface area contributed by atoms with Gasteiger partial charge in [-0.3, -0.25) is 4.79 Å². The van der Waals surface area contributed by atoms with Crippen molar-refractivity contribution in [1.82, 2.24) is 9.97 Å². The Morgan fingerprint density at radius 1 is 1.37 bits per heavy atom. The van der Waals surface area contributed by atoms with Crippen molar-refractivity contribution in [3.05, 3.63) is 16.8 Å². The lowest BCUT2D eigenvalue weighted by molar-refractivity contribution is -0.116. The predicted molar refractivity (Wildman–Crippen MR) is 80.1 cm³/mol. The van der Waals surface area contributed by atoms with Gasteiger partial charge in [0.15, 0.2) is 0 Å². The number of thioether (sulfide) groups is 1. The van der Waals surface area contributed by atoms with Gasteiger partial charge in [0.1, 0.15) is 22.0 Å². The van der Waals surface area contributed by atoms with Gasteiger partial charge in [0.2, 0.25) is 0 Å². The molecular formula is C14H16N2OS2. The van der Waals surface area contributed by atoms with Crippen LogP contribution in [0.5, 0.6) is 0 Å². The molecular weight excluding hydrogens is 276 g/mol. The lowest BCUT2D eigenvalue weighted by atomic mass is 9.97. The van der Waals surface area contributed by atoms with Gasteiger partial charge in [0.05, 0.1) is 5.25 Å². The maximum Gasteiger partial charge on any atom is 0.142 e. The molecule has 19 heavy (non-hydrogen) atoms. The topological polar surface area (TPSA) is 42.9 Å². The predicted octanol–water partition coefficient (Wildman–Crippen LogP) is 3.64. The van der Waals surface area contributed by atoms with E-state index in [-0.39, 0.29) is 11.0 Å². The molecule has 2 aromatic heterocycles. The van der Waals surface area contributed by atoms with E-state index in [4.69, 9.17) is 0 Å². The minimum Gasteiger partial charge on any atom is -0.299 e. The summed E-state index contributed by atoms with van der Waals surface area (Å²) in [7, 11) is 0. The highest BCUT2D eigenvalue weighted by Gasteiger charge is 2.21. The number of hydrogen-bond donors (Lipinski definition) is 0. The van der Waals surface area contributed by atoms with Crippen LogP contribution in [0.2, 0.25) is 0 Å². The zero-order chi connectivity index (χ0) is 13.4. The molecule has 0 amide bonds. The summed E-state index contributed by atoms with van der Waals surface area (Å²) in [6.07, 6.45) is 6.45. The summed E-state index contributed by atoms with van der Waals surface area (Å²) in [4.78, 5) is 22.8. The molecule has 0 unspecified atom stereocenters. The van der Waals surface area contributed by atoms with E-state index in [1.165, 1.54) is 35.1 Å². The fraction of sp³-hybridized carbons (Fsp3) is 0.500. The van der Waals surface area contributed by atoms with Gasteiger partial charge < -0.3 is 0 Å². The van der Waals surface area contributed by atoms with E-state index in [1.807, 2.05) is 6.92 Å². The first kappa shape index (κ1) is 13.1. The minimum absolute atomic E-state index is 0.0442. The molecule has 2 heterocycles. The van der Waals surface area contributed by atoms with Crippen LogP contribution in [0.15, 0.2) is 11.4 Å². The van der Waals surface area contributed by atoms with Gasteiger partial charge >= 0.3 is 0 Å². The minimum atomic E-state index is -0.0442. The van der Waals surface area contributed by atoms with Crippen LogP contribution in [0, 0.1) is 0 Å². The monoisotopic (exact) mass is 292 g/mol. The van der Waals surface area contributed by atoms with Crippen LogP contribution in [0.25, 0.3) is 10.2 Å². The Labute approximate surface area is 120 Å². The molecule has 3 rings (SSSR count). The van der Waals surface area contributed by atoms with Gasteiger partial charge in [-0.05, 0) is 45.1 Å². The van der Waals surface area contributed by atoms with Gasteiger partial charge in [-0.1, -0.05) is 11.8 Å². The van der Waals surface area contributed by atoms with Gasteiger partial charge in [0, 0.05) is 10.3 Å². The van der Waals surface area contributed by atoms with Crippen molar-refractivity contribution in [2.45, 2.75) is 49.8 Å². The number of rotatable bonds is 3. The molecule has 1 aliphatic carbocycles. The van der Waals surface area contributed by atoms with Crippen molar-refractivity contribution in [3.8, 4) is 0 Å². The average Bonchev–Trinajstić information content (AvgIpc) is 2.77. The molecule has 1 atom stereocenters. The van der Waals surface area contributed by atoms with Crippen molar-refractivity contribution in [2.24, 2.45) is 0 Å². The van der Waals surface area contributed by atoms with E-state index in [0.717, 1.165) is 16.3 Å². The Morgan fingerprint density at radius 2 is 2.16 bits per heavy atom. The van der Waals surface area contributed by atoms with Crippen molar-refractivity contribution in [3.63, 3.8) is 0 Å². The number of Topliss-reactive ketones (excluding diaryl/α,β-unsaturated/α-hetero) is 1. The number of nitrogens with zero attached hydrogens (tertiary/aromatic N) is 2. The smallest absolute Gasteiger partial charge is 0.142 e. The summed E-state index contributed by atoms with van der Waals surface area (Å²) in [5, 5.41) is 2.14. The van der Waals surface area contributed by atoms with Crippen LogP contribution in [-0.2, 0) is 17.6 Å².